The molecule has 53 heavy (non-hydrogen) atoms. The minimum absolute atomic E-state index is 0.905. The topological polar surface area (TPSA) is 24.7 Å². The van der Waals surface area contributed by atoms with Crippen molar-refractivity contribution in [2.45, 2.75) is 124 Å². The Morgan fingerprint density at radius 3 is 1.43 bits per heavy atom. The van der Waals surface area contributed by atoms with Crippen molar-refractivity contribution in [2.75, 3.05) is 0 Å². The van der Waals surface area contributed by atoms with Crippen molar-refractivity contribution in [3.63, 3.8) is 0 Å². The Kier molecular flexibility index (Phi) is 16.3. The van der Waals surface area contributed by atoms with Crippen LogP contribution in [0.2, 0.25) is 0 Å². The molecule has 0 unspecified atom stereocenters. The maximum absolute atomic E-state index is 5.22. The Balaban J connectivity index is 1.52. The summed E-state index contributed by atoms with van der Waals surface area (Å²) in [4.78, 5) is 10.3. The van der Waals surface area contributed by atoms with Crippen LogP contribution in [0.4, 0.5) is 11.4 Å². The molecule has 0 radical (unpaired) electrons. The average molecular weight is 703 g/mol. The molecule has 0 spiro atoms. The summed E-state index contributed by atoms with van der Waals surface area (Å²) in [6.07, 6.45) is 20.4. The maximum atomic E-state index is 5.22. The van der Waals surface area contributed by atoms with Gasteiger partial charge >= 0.3 is 0 Å². The normalized spacial score (nSPS) is 11.8. The summed E-state index contributed by atoms with van der Waals surface area (Å²) in [6, 6.07) is 41.9. The average Bonchev–Trinajstić information content (AvgIpc) is 3.20. The lowest BCUT2D eigenvalue weighted by atomic mass is 9.88. The van der Waals surface area contributed by atoms with Crippen molar-refractivity contribution in [2.24, 2.45) is 9.98 Å². The van der Waals surface area contributed by atoms with Gasteiger partial charge in [-0.2, -0.15) is 0 Å². The van der Waals surface area contributed by atoms with E-state index in [1.54, 1.807) is 0 Å². The predicted octanol–water partition coefficient (Wildman–Crippen LogP) is 15.6. The number of nitrogens with zero attached hydrogens (tertiary/aromatic N) is 2. The predicted molar refractivity (Wildman–Crippen MR) is 234 cm³/mol. The molecule has 0 atom stereocenters. The third-order valence-electron chi connectivity index (χ3n) is 10.4. The monoisotopic (exact) mass is 702 g/mol. The Morgan fingerprint density at radius 2 is 0.887 bits per heavy atom. The second-order valence-corrected chi connectivity index (χ2v) is 14.7. The number of hydrogen-bond acceptors (Lipinski definition) is 2. The lowest BCUT2D eigenvalue weighted by Gasteiger charge is -2.18. The van der Waals surface area contributed by atoms with Crippen molar-refractivity contribution in [1.29, 1.82) is 0 Å². The number of hydrogen-bond donors (Lipinski definition) is 0. The van der Waals surface area contributed by atoms with Crippen molar-refractivity contribution >= 4 is 23.3 Å². The number of unbranched alkanes of at least 4 members (excludes halogenated alkanes) is 9. The molecule has 0 aliphatic carbocycles. The van der Waals surface area contributed by atoms with Crippen molar-refractivity contribution in [3.05, 3.63) is 132 Å². The molecule has 0 bridgehead atoms. The van der Waals surface area contributed by atoms with Crippen LogP contribution in [0.1, 0.15) is 121 Å². The van der Waals surface area contributed by atoms with E-state index in [2.05, 4.69) is 143 Å². The van der Waals surface area contributed by atoms with E-state index in [1.807, 2.05) is 6.21 Å². The highest BCUT2D eigenvalue weighted by Gasteiger charge is 2.15. The number of aliphatic imine (C=N–C) groups is 2. The molecule has 2 heteroatoms. The van der Waals surface area contributed by atoms with Crippen LogP contribution in [0, 0.1) is 0 Å². The van der Waals surface area contributed by atoms with Gasteiger partial charge in [-0.25, -0.2) is 0 Å². The highest BCUT2D eigenvalue weighted by atomic mass is 14.8. The summed E-state index contributed by atoms with van der Waals surface area (Å²) in [7, 11) is 0. The fraction of sp³-hybridized carbons (Fsp3) is 0.373. The van der Waals surface area contributed by atoms with Crippen LogP contribution in [0.25, 0.3) is 33.4 Å². The number of rotatable bonds is 21. The summed E-state index contributed by atoms with van der Waals surface area (Å²) in [5.74, 6) is 0. The Labute approximate surface area is 321 Å². The van der Waals surface area contributed by atoms with E-state index in [1.165, 1.54) is 127 Å². The molecule has 0 saturated heterocycles. The highest BCUT2D eigenvalue weighted by molar-refractivity contribution is 6.30. The summed E-state index contributed by atoms with van der Waals surface area (Å²) in [5.41, 5.74) is 14.9. The lowest BCUT2D eigenvalue weighted by Crippen LogP contribution is -2.00. The van der Waals surface area contributed by atoms with Crippen LogP contribution in [0.15, 0.2) is 125 Å². The Bertz CT molecular complexity index is 1810. The van der Waals surface area contributed by atoms with Gasteiger partial charge in [-0.3, -0.25) is 9.98 Å². The van der Waals surface area contributed by atoms with Crippen LogP contribution in [-0.2, 0) is 19.3 Å². The molecule has 0 saturated carbocycles. The van der Waals surface area contributed by atoms with Crippen LogP contribution < -0.4 is 0 Å². The van der Waals surface area contributed by atoms with Gasteiger partial charge in [0.1, 0.15) is 0 Å². The first-order valence-electron chi connectivity index (χ1n) is 20.7. The van der Waals surface area contributed by atoms with Gasteiger partial charge in [-0.1, -0.05) is 170 Å². The zero-order chi connectivity index (χ0) is 37.1. The molecule has 0 aromatic heterocycles. The molecule has 0 fully saturated rings. The second-order valence-electron chi connectivity index (χ2n) is 14.7. The first-order valence-corrected chi connectivity index (χ1v) is 20.7. The molecule has 0 aliphatic rings. The van der Waals surface area contributed by atoms with E-state index in [0.717, 1.165) is 36.3 Å². The fourth-order valence-corrected chi connectivity index (χ4v) is 7.50. The zero-order valence-electron chi connectivity index (χ0n) is 33.0. The SMILES string of the molecule is CCCCCCCCc1cc(N=C(C)C=Nc2cc(-c3ccccc3)c(CCCCCC)c(-c3ccccc3)c2)cc(-c2ccccc2)c1CCCC. The van der Waals surface area contributed by atoms with E-state index in [9.17, 15) is 0 Å². The molecule has 276 valence electrons. The quantitative estimate of drug-likeness (QED) is 0.0537. The molecule has 5 rings (SSSR count). The fourth-order valence-electron chi connectivity index (χ4n) is 7.50. The summed E-state index contributed by atoms with van der Waals surface area (Å²) >= 11 is 0. The molecule has 5 aromatic rings. The maximum Gasteiger partial charge on any atom is 0.0642 e. The first-order chi connectivity index (χ1) is 26.1. The third kappa shape index (κ3) is 12.0. The lowest BCUT2D eigenvalue weighted by molar-refractivity contribution is 0.606. The zero-order valence-corrected chi connectivity index (χ0v) is 33.0. The van der Waals surface area contributed by atoms with E-state index in [0.29, 0.717) is 0 Å². The smallest absolute Gasteiger partial charge is 0.0642 e. The third-order valence-corrected chi connectivity index (χ3v) is 10.4. The molecule has 5 aromatic carbocycles. The van der Waals surface area contributed by atoms with E-state index in [4.69, 9.17) is 9.98 Å². The number of benzene rings is 5. The van der Waals surface area contributed by atoms with Gasteiger partial charge < -0.3 is 0 Å². The van der Waals surface area contributed by atoms with Crippen molar-refractivity contribution in [3.8, 4) is 33.4 Å². The van der Waals surface area contributed by atoms with Crippen LogP contribution >= 0.6 is 0 Å². The van der Waals surface area contributed by atoms with Gasteiger partial charge in [0, 0.05) is 6.21 Å². The Morgan fingerprint density at radius 1 is 0.453 bits per heavy atom. The second kappa shape index (κ2) is 21.8. The molecular formula is C51H62N2. The van der Waals surface area contributed by atoms with E-state index < -0.39 is 0 Å². The summed E-state index contributed by atoms with van der Waals surface area (Å²) < 4.78 is 0. The molecule has 2 nitrogen and oxygen atoms in total. The highest BCUT2D eigenvalue weighted by Crippen LogP contribution is 2.38. The van der Waals surface area contributed by atoms with Crippen LogP contribution in [0.3, 0.4) is 0 Å². The molecule has 0 aliphatic heterocycles. The Hall–Kier alpha value is -4.56. The van der Waals surface area contributed by atoms with Crippen LogP contribution in [0.5, 0.6) is 0 Å². The van der Waals surface area contributed by atoms with Crippen LogP contribution in [-0.4, -0.2) is 11.9 Å². The largest absolute Gasteiger partial charge is 0.255 e. The first kappa shape index (κ1) is 39.6. The minimum Gasteiger partial charge on any atom is -0.255 e. The van der Waals surface area contributed by atoms with Gasteiger partial charge in [-0.05, 0) is 120 Å². The molecular weight excluding hydrogens is 641 g/mol. The van der Waals surface area contributed by atoms with Gasteiger partial charge in [0.05, 0.1) is 17.1 Å². The van der Waals surface area contributed by atoms with Gasteiger partial charge in [0.15, 0.2) is 0 Å². The summed E-state index contributed by atoms with van der Waals surface area (Å²) in [6.45, 7) is 8.95. The van der Waals surface area contributed by atoms with Gasteiger partial charge in [0.25, 0.3) is 0 Å². The van der Waals surface area contributed by atoms with E-state index in [-0.39, 0.29) is 0 Å². The van der Waals surface area contributed by atoms with Crippen molar-refractivity contribution < 1.29 is 0 Å². The van der Waals surface area contributed by atoms with Gasteiger partial charge in [-0.15, -0.1) is 0 Å². The number of aryl methyl sites for hydroxylation is 1. The van der Waals surface area contributed by atoms with E-state index >= 15 is 0 Å². The molecule has 0 amide bonds. The summed E-state index contributed by atoms with van der Waals surface area (Å²) in [5, 5.41) is 0. The minimum atomic E-state index is 0.905. The van der Waals surface area contributed by atoms with Gasteiger partial charge in [0.2, 0.25) is 0 Å². The standard InChI is InChI=1S/C51H62N2/c1-5-8-11-13-14-18-32-44-35-46(38-49(47(44)33-10-7-3)41-26-19-15-20-27-41)53-40(4)39-52-45-36-50(42-28-21-16-22-29-42)48(34-25-12-9-6-2)51(37-45)43-30-23-17-24-31-43/h15-17,19-24,26-31,35-39H,5-14,18,25,32-34H2,1-4H3. The molecule has 0 heterocycles. The van der Waals surface area contributed by atoms with Crippen molar-refractivity contribution in [1.82, 2.24) is 0 Å². The molecule has 0 N–H and O–H groups in total.